The third kappa shape index (κ3) is 6.90. The molecule has 0 aromatic heterocycles. The van der Waals surface area contributed by atoms with Crippen LogP contribution in [0.2, 0.25) is 0 Å². The molecule has 2 fully saturated rings. The maximum atomic E-state index is 9.83. The van der Waals surface area contributed by atoms with Gasteiger partial charge in [0.15, 0.2) is 0 Å². The van der Waals surface area contributed by atoms with Crippen molar-refractivity contribution in [2.24, 2.45) is 0 Å². The summed E-state index contributed by atoms with van der Waals surface area (Å²) >= 11 is 19.4. The average molecular weight is 492 g/mol. The summed E-state index contributed by atoms with van der Waals surface area (Å²) in [7, 11) is 11.0. The van der Waals surface area contributed by atoms with Crippen LogP contribution in [-0.4, -0.2) is 104 Å². The van der Waals surface area contributed by atoms with Crippen molar-refractivity contribution in [1.29, 1.82) is 0 Å². The normalized spacial score (nSPS) is 44.1. The van der Waals surface area contributed by atoms with Gasteiger partial charge in [0.05, 0.1) is 31.3 Å². The lowest BCUT2D eigenvalue weighted by Gasteiger charge is -2.26. The van der Waals surface area contributed by atoms with Crippen LogP contribution >= 0.6 is 35.4 Å². The quantitative estimate of drug-likeness (QED) is 0.139. The predicted molar refractivity (Wildman–Crippen MR) is 116 cm³/mol. The van der Waals surface area contributed by atoms with Crippen LogP contribution in [0.5, 0.6) is 0 Å². The predicted octanol–water partition coefficient (Wildman–Crippen LogP) is -1.31. The van der Waals surface area contributed by atoms with Gasteiger partial charge in [-0.15, -0.1) is 24.5 Å². The molecule has 2 aliphatic rings. The first kappa shape index (κ1) is 25.1. The maximum Gasteiger partial charge on any atom is 0.124 e. The first-order valence-electron chi connectivity index (χ1n) is 7.80. The Morgan fingerprint density at radius 2 is 1.11 bits per heavy atom. The number of ether oxygens (including phenoxy) is 2. The van der Waals surface area contributed by atoms with Gasteiger partial charge >= 0.3 is 0 Å². The molecule has 4 radical (unpaired) electrons. The molecule has 8 nitrogen and oxygen atoms in total. The molecule has 4 N–H and O–H groups in total. The van der Waals surface area contributed by atoms with E-state index in [-0.39, 0.29) is 19.1 Å². The van der Waals surface area contributed by atoms with Crippen molar-refractivity contribution in [1.82, 2.24) is 0 Å². The highest BCUT2D eigenvalue weighted by Crippen LogP contribution is 2.68. The summed E-state index contributed by atoms with van der Waals surface area (Å²) in [5, 5.41) is 38.8. The van der Waals surface area contributed by atoms with E-state index < -0.39 is 59.6 Å². The molecule has 2 aliphatic heterocycles. The fraction of sp³-hybridized carbons (Fsp3) is 1.00. The summed E-state index contributed by atoms with van der Waals surface area (Å²) in [5.74, 6) is 0.0612. The summed E-state index contributed by atoms with van der Waals surface area (Å²) in [6.45, 7) is -0.247. The molecule has 0 aliphatic carbocycles. The second kappa shape index (κ2) is 9.95. The molecule has 0 aromatic rings. The molecule has 16 heteroatoms. The van der Waals surface area contributed by atoms with Gasteiger partial charge in [0.25, 0.3) is 0 Å². The molecule has 2 saturated heterocycles. The van der Waals surface area contributed by atoms with Gasteiger partial charge in [-0.25, -0.2) is 0 Å². The second-order valence-electron chi connectivity index (χ2n) is 6.25. The number of aliphatic hydroxyl groups excluding tert-OH is 4. The molecule has 4 unspecified atom stereocenters. The number of aliphatic hydroxyl groups is 4. The number of hydrogen-bond acceptors (Lipinski definition) is 10. The summed E-state index contributed by atoms with van der Waals surface area (Å²) in [6, 6.07) is -2.02. The van der Waals surface area contributed by atoms with Crippen molar-refractivity contribution < 1.29 is 38.9 Å². The first-order valence-corrected chi connectivity index (χ1v) is 15.9. The molecule has 27 heavy (non-hydrogen) atoms. The van der Waals surface area contributed by atoms with E-state index in [0.29, 0.717) is 0 Å². The Morgan fingerprint density at radius 3 is 1.37 bits per heavy atom. The molecular weight excluding hydrogens is 472 g/mol. The van der Waals surface area contributed by atoms with E-state index in [0.717, 1.165) is 0 Å². The zero-order valence-corrected chi connectivity index (χ0v) is 19.1. The molecular formula is C11H20B2O8P2S4. The van der Waals surface area contributed by atoms with Crippen LogP contribution in [0.15, 0.2) is 0 Å². The SMILES string of the molecule is [B][C@@H]1O[C@H](COP(=S)(S)CP(=S)(S)OC[C@@H]2O[C@H]([B])C(O)[C@@H]2O)C(O)[C@@H]1O. The molecule has 0 spiro atoms. The Morgan fingerprint density at radius 1 is 0.778 bits per heavy atom. The van der Waals surface area contributed by atoms with E-state index in [9.17, 15) is 20.4 Å². The van der Waals surface area contributed by atoms with Gasteiger partial charge in [-0.3, -0.25) is 0 Å². The molecule has 0 amide bonds. The van der Waals surface area contributed by atoms with Gasteiger partial charge in [0.1, 0.15) is 51.0 Å². The van der Waals surface area contributed by atoms with Crippen LogP contribution in [-0.2, 0) is 42.1 Å². The average Bonchev–Trinajstić information content (AvgIpc) is 2.95. The summed E-state index contributed by atoms with van der Waals surface area (Å²) in [5.41, 5.74) is -5.51. The fourth-order valence-corrected chi connectivity index (χ4v) is 15.7. The van der Waals surface area contributed by atoms with Crippen molar-refractivity contribution in [3.8, 4) is 0 Å². The fourth-order valence-electron chi connectivity index (χ4n) is 2.52. The molecule has 2 rings (SSSR count). The Bertz CT molecular complexity index is 571. The monoisotopic (exact) mass is 492 g/mol. The second-order valence-corrected chi connectivity index (χ2v) is 19.5. The van der Waals surface area contributed by atoms with Crippen LogP contribution in [0.25, 0.3) is 0 Å². The Hall–Kier alpha value is 1.81. The van der Waals surface area contributed by atoms with Gasteiger partial charge in [-0.05, 0) is 0 Å². The van der Waals surface area contributed by atoms with Gasteiger partial charge in [0, 0.05) is 12.0 Å². The van der Waals surface area contributed by atoms with Crippen molar-refractivity contribution in [2.75, 3.05) is 19.1 Å². The Labute approximate surface area is 181 Å². The highest BCUT2D eigenvalue weighted by molar-refractivity contribution is 8.69. The molecule has 2 heterocycles. The van der Waals surface area contributed by atoms with Crippen LogP contribution < -0.4 is 0 Å². The van der Waals surface area contributed by atoms with Gasteiger partial charge < -0.3 is 38.9 Å². The van der Waals surface area contributed by atoms with E-state index in [1.165, 1.54) is 0 Å². The minimum Gasteiger partial charge on any atom is -0.388 e. The standard InChI is InChI=1S/C11H20B2O8P2S4/c12-10-8(16)6(14)4(20-10)1-18-22(24,25)3-23(26,27)19-2-5-7(15)9(17)11(13)21-5/h4-11,14-17H,1-3H2,(H,24,25)(H,26,27)/t4-,5+,6+,7?,8?,9-,10-,11+/m0/s1. The lowest BCUT2D eigenvalue weighted by Crippen LogP contribution is -2.34. The van der Waals surface area contributed by atoms with E-state index in [1.54, 1.807) is 0 Å². The van der Waals surface area contributed by atoms with Gasteiger partial charge in [-0.2, -0.15) is 0 Å². The molecule has 0 saturated carbocycles. The van der Waals surface area contributed by atoms with Crippen molar-refractivity contribution >= 4 is 74.7 Å². The zero-order valence-electron chi connectivity index (χ0n) is 13.9. The molecule has 0 aromatic carbocycles. The minimum absolute atomic E-state index is 0.0612. The highest BCUT2D eigenvalue weighted by atomic mass is 32.9. The lowest BCUT2D eigenvalue weighted by atomic mass is 9.93. The molecule has 10 atom stereocenters. The van der Waals surface area contributed by atoms with Crippen LogP contribution in [0.4, 0.5) is 0 Å². The van der Waals surface area contributed by atoms with Crippen molar-refractivity contribution in [3.05, 3.63) is 0 Å². The van der Waals surface area contributed by atoms with Gasteiger partial charge in [-0.1, -0.05) is 23.6 Å². The highest BCUT2D eigenvalue weighted by Gasteiger charge is 2.42. The smallest absolute Gasteiger partial charge is 0.124 e. The third-order valence-electron chi connectivity index (χ3n) is 4.04. The summed E-state index contributed by atoms with van der Waals surface area (Å²) in [6.07, 6.45) is -6.50. The number of rotatable bonds is 8. The van der Waals surface area contributed by atoms with E-state index in [1.807, 2.05) is 0 Å². The van der Waals surface area contributed by atoms with Crippen LogP contribution in [0.3, 0.4) is 0 Å². The Kier molecular flexibility index (Phi) is 9.24. The van der Waals surface area contributed by atoms with Crippen molar-refractivity contribution in [2.45, 2.75) is 48.6 Å². The first-order chi connectivity index (χ1) is 12.3. The lowest BCUT2D eigenvalue weighted by molar-refractivity contribution is -0.000509. The van der Waals surface area contributed by atoms with Gasteiger partial charge in [0.2, 0.25) is 0 Å². The minimum atomic E-state index is -2.75. The number of hydrogen-bond donors (Lipinski definition) is 6. The maximum absolute atomic E-state index is 9.83. The third-order valence-corrected chi connectivity index (χ3v) is 13.7. The number of thiol groups is 2. The summed E-state index contributed by atoms with van der Waals surface area (Å²) in [4.78, 5) is 0. The topological polar surface area (TPSA) is 118 Å². The molecule has 0 bridgehead atoms. The van der Waals surface area contributed by atoms with Crippen molar-refractivity contribution in [3.63, 3.8) is 0 Å². The largest absolute Gasteiger partial charge is 0.388 e. The van der Waals surface area contributed by atoms with E-state index in [2.05, 4.69) is 24.5 Å². The zero-order chi connectivity index (χ0) is 20.6. The van der Waals surface area contributed by atoms with E-state index in [4.69, 9.17) is 57.8 Å². The van der Waals surface area contributed by atoms with Crippen LogP contribution in [0.1, 0.15) is 0 Å². The molecule has 152 valence electrons. The van der Waals surface area contributed by atoms with Crippen LogP contribution in [0, 0.1) is 0 Å². The van der Waals surface area contributed by atoms with E-state index >= 15 is 0 Å². The Balaban J connectivity index is 1.83. The summed E-state index contributed by atoms with van der Waals surface area (Å²) < 4.78 is 21.5.